The van der Waals surface area contributed by atoms with E-state index in [2.05, 4.69) is 4.98 Å². The number of aromatic nitrogens is 2. The first-order valence-corrected chi connectivity index (χ1v) is 12.7. The molecule has 0 bridgehead atoms. The standard InChI is InChI=1S/C32H28N2O5/c1-22-28(33-31(39-22)25-10-6-3-7-11-25)17-19-38-27-14-12-23(13-15-27)20-29(32(36)37)34-18-16-26(21-34)30(35)24-8-4-2-5-9-24/h2-16,18,21,29H,17,19-20H2,1H3,(H,36,37)/t29-/m0/s1. The first-order chi connectivity index (χ1) is 19.0. The highest BCUT2D eigenvalue weighted by molar-refractivity contribution is 6.08. The maximum absolute atomic E-state index is 12.7. The molecule has 1 atom stereocenters. The van der Waals surface area contributed by atoms with Crippen molar-refractivity contribution in [2.75, 3.05) is 6.61 Å². The zero-order chi connectivity index (χ0) is 27.2. The summed E-state index contributed by atoms with van der Waals surface area (Å²) in [7, 11) is 0. The summed E-state index contributed by atoms with van der Waals surface area (Å²) in [5, 5.41) is 9.88. The van der Waals surface area contributed by atoms with E-state index in [0.29, 0.717) is 35.8 Å². The number of benzene rings is 3. The number of oxazole rings is 1. The van der Waals surface area contributed by atoms with Gasteiger partial charge in [-0.2, -0.15) is 0 Å². The Hall–Kier alpha value is -4.91. The summed E-state index contributed by atoms with van der Waals surface area (Å²) in [4.78, 5) is 29.4. The van der Waals surface area contributed by atoms with Crippen molar-refractivity contribution in [2.45, 2.75) is 25.8 Å². The van der Waals surface area contributed by atoms with Gasteiger partial charge in [0.15, 0.2) is 5.78 Å². The van der Waals surface area contributed by atoms with Crippen LogP contribution in [0.15, 0.2) is 108 Å². The Morgan fingerprint density at radius 2 is 1.62 bits per heavy atom. The van der Waals surface area contributed by atoms with Crippen LogP contribution < -0.4 is 4.74 Å². The summed E-state index contributed by atoms with van der Waals surface area (Å²) in [6.45, 7) is 2.33. The van der Waals surface area contributed by atoms with E-state index in [1.165, 1.54) is 0 Å². The average molecular weight is 521 g/mol. The molecular formula is C32H28N2O5. The molecule has 0 radical (unpaired) electrons. The Morgan fingerprint density at radius 3 is 2.31 bits per heavy atom. The second-order valence-electron chi connectivity index (χ2n) is 9.23. The molecule has 0 aliphatic carbocycles. The third-order valence-corrected chi connectivity index (χ3v) is 6.53. The maximum Gasteiger partial charge on any atom is 0.327 e. The molecule has 196 valence electrons. The van der Waals surface area contributed by atoms with E-state index in [-0.39, 0.29) is 12.2 Å². The molecule has 1 N–H and O–H groups in total. The van der Waals surface area contributed by atoms with Gasteiger partial charge in [0.1, 0.15) is 17.6 Å². The first kappa shape index (κ1) is 25.7. The van der Waals surface area contributed by atoms with Crippen molar-refractivity contribution in [3.05, 3.63) is 132 Å². The van der Waals surface area contributed by atoms with Crippen LogP contribution in [0.4, 0.5) is 0 Å². The number of nitrogens with zero attached hydrogens (tertiary/aromatic N) is 2. The molecule has 3 aromatic carbocycles. The summed E-state index contributed by atoms with van der Waals surface area (Å²) in [5.74, 6) is 0.942. The minimum atomic E-state index is -0.970. The Bertz CT molecular complexity index is 1550. The van der Waals surface area contributed by atoms with Crippen LogP contribution in [0, 0.1) is 6.92 Å². The SMILES string of the molecule is Cc1oc(-c2ccccc2)nc1CCOc1ccc(C[C@@H](C(=O)O)n2ccc(C(=O)c3ccccc3)c2)cc1. The number of carboxylic acid groups (broad SMARTS) is 1. The van der Waals surface area contributed by atoms with Gasteiger partial charge in [-0.3, -0.25) is 4.79 Å². The number of aryl methyl sites for hydroxylation is 1. The van der Waals surface area contributed by atoms with Gasteiger partial charge in [0.2, 0.25) is 5.89 Å². The lowest BCUT2D eigenvalue weighted by Gasteiger charge is -2.15. The lowest BCUT2D eigenvalue weighted by atomic mass is 10.1. The van der Waals surface area contributed by atoms with Crippen molar-refractivity contribution in [2.24, 2.45) is 0 Å². The number of carboxylic acids is 1. The van der Waals surface area contributed by atoms with Crippen LogP contribution in [-0.4, -0.2) is 33.0 Å². The van der Waals surface area contributed by atoms with Crippen LogP contribution in [0.3, 0.4) is 0 Å². The first-order valence-electron chi connectivity index (χ1n) is 12.7. The van der Waals surface area contributed by atoms with E-state index in [1.54, 1.807) is 47.3 Å². The van der Waals surface area contributed by atoms with Crippen LogP contribution in [0.2, 0.25) is 0 Å². The van der Waals surface area contributed by atoms with Crippen molar-refractivity contribution in [3.8, 4) is 17.2 Å². The van der Waals surface area contributed by atoms with E-state index in [4.69, 9.17) is 9.15 Å². The predicted octanol–water partition coefficient (Wildman–Crippen LogP) is 6.17. The Balaban J connectivity index is 1.18. The van der Waals surface area contributed by atoms with Crippen molar-refractivity contribution < 1.29 is 23.8 Å². The smallest absolute Gasteiger partial charge is 0.327 e. The van der Waals surface area contributed by atoms with Crippen LogP contribution in [0.5, 0.6) is 5.75 Å². The van der Waals surface area contributed by atoms with E-state index in [0.717, 1.165) is 22.6 Å². The normalized spacial score (nSPS) is 11.7. The molecule has 0 aliphatic heterocycles. The average Bonchev–Trinajstić information content (AvgIpc) is 3.60. The number of ketones is 1. The maximum atomic E-state index is 12.7. The highest BCUT2D eigenvalue weighted by atomic mass is 16.5. The molecule has 39 heavy (non-hydrogen) atoms. The highest BCUT2D eigenvalue weighted by Crippen LogP contribution is 2.23. The topological polar surface area (TPSA) is 94.6 Å². The van der Waals surface area contributed by atoms with E-state index >= 15 is 0 Å². The van der Waals surface area contributed by atoms with Crippen molar-refractivity contribution >= 4 is 11.8 Å². The lowest BCUT2D eigenvalue weighted by Crippen LogP contribution is -2.20. The second kappa shape index (κ2) is 11.6. The molecule has 0 unspecified atom stereocenters. The molecule has 7 heteroatoms. The molecule has 5 rings (SSSR count). The molecule has 2 heterocycles. The second-order valence-corrected chi connectivity index (χ2v) is 9.23. The number of carbonyl (C=O) groups is 2. The third-order valence-electron chi connectivity index (χ3n) is 6.53. The quantitative estimate of drug-likeness (QED) is 0.209. The van der Waals surface area contributed by atoms with Crippen molar-refractivity contribution in [3.63, 3.8) is 0 Å². The summed E-state index contributed by atoms with van der Waals surface area (Å²) >= 11 is 0. The molecule has 0 fully saturated rings. The molecule has 5 aromatic rings. The molecule has 2 aromatic heterocycles. The monoisotopic (exact) mass is 520 g/mol. The van der Waals surface area contributed by atoms with Crippen LogP contribution >= 0.6 is 0 Å². The lowest BCUT2D eigenvalue weighted by molar-refractivity contribution is -0.140. The fraction of sp³-hybridized carbons (Fsp3) is 0.156. The molecule has 0 saturated heterocycles. The van der Waals surface area contributed by atoms with Gasteiger partial charge in [-0.25, -0.2) is 9.78 Å². The minimum absolute atomic E-state index is 0.142. The summed E-state index contributed by atoms with van der Waals surface area (Å²) in [6.07, 6.45) is 4.11. The largest absolute Gasteiger partial charge is 0.493 e. The number of rotatable bonds is 11. The molecule has 7 nitrogen and oxygen atoms in total. The van der Waals surface area contributed by atoms with Gasteiger partial charge < -0.3 is 18.8 Å². The summed E-state index contributed by atoms with van der Waals surface area (Å²) < 4.78 is 13.3. The molecular weight excluding hydrogens is 492 g/mol. The van der Waals surface area contributed by atoms with Gasteiger partial charge >= 0.3 is 5.97 Å². The highest BCUT2D eigenvalue weighted by Gasteiger charge is 2.21. The number of aliphatic carboxylic acids is 1. The van der Waals surface area contributed by atoms with E-state index in [9.17, 15) is 14.7 Å². The molecule has 0 aliphatic rings. The minimum Gasteiger partial charge on any atom is -0.493 e. The van der Waals surface area contributed by atoms with Gasteiger partial charge in [0, 0.05) is 41.9 Å². The van der Waals surface area contributed by atoms with E-state index in [1.807, 2.05) is 67.6 Å². The van der Waals surface area contributed by atoms with Crippen LogP contribution in [0.25, 0.3) is 11.5 Å². The molecule has 0 spiro atoms. The van der Waals surface area contributed by atoms with Crippen molar-refractivity contribution in [1.29, 1.82) is 0 Å². The fourth-order valence-electron chi connectivity index (χ4n) is 4.39. The summed E-state index contributed by atoms with van der Waals surface area (Å²) in [5.41, 5.74) is 3.65. The van der Waals surface area contributed by atoms with Gasteiger partial charge in [0.05, 0.1) is 12.3 Å². The van der Waals surface area contributed by atoms with Gasteiger partial charge in [-0.05, 0) is 42.8 Å². The van der Waals surface area contributed by atoms with Gasteiger partial charge in [-0.15, -0.1) is 0 Å². The van der Waals surface area contributed by atoms with Gasteiger partial charge in [0.25, 0.3) is 0 Å². The Kier molecular flexibility index (Phi) is 7.68. The molecule has 0 amide bonds. The van der Waals surface area contributed by atoms with E-state index < -0.39 is 12.0 Å². The van der Waals surface area contributed by atoms with Crippen LogP contribution in [-0.2, 0) is 17.6 Å². The zero-order valence-electron chi connectivity index (χ0n) is 21.5. The predicted molar refractivity (Wildman–Crippen MR) is 147 cm³/mol. The van der Waals surface area contributed by atoms with Crippen molar-refractivity contribution in [1.82, 2.24) is 9.55 Å². The Labute approximate surface area is 226 Å². The summed E-state index contributed by atoms with van der Waals surface area (Å²) in [6, 6.07) is 26.9. The number of hydrogen-bond donors (Lipinski definition) is 1. The number of carbonyl (C=O) groups excluding carboxylic acids is 1. The Morgan fingerprint density at radius 1 is 0.923 bits per heavy atom. The number of ether oxygens (including phenoxy) is 1. The third kappa shape index (κ3) is 6.15. The molecule has 0 saturated carbocycles. The zero-order valence-corrected chi connectivity index (χ0v) is 21.5. The van der Waals surface area contributed by atoms with Gasteiger partial charge in [-0.1, -0.05) is 60.7 Å². The fourth-order valence-corrected chi connectivity index (χ4v) is 4.39. The van der Waals surface area contributed by atoms with Crippen LogP contribution in [0.1, 0.15) is 39.0 Å². The number of hydrogen-bond acceptors (Lipinski definition) is 5.